The number of rotatable bonds is 8. The molecule has 1 fully saturated rings. The third-order valence-corrected chi connectivity index (χ3v) is 5.78. The molecule has 36 heavy (non-hydrogen) atoms. The Balaban J connectivity index is 1.94. The molecule has 4 rings (SSSR count). The van der Waals surface area contributed by atoms with E-state index < -0.39 is 28.4 Å². The summed E-state index contributed by atoms with van der Waals surface area (Å²) in [5, 5.41) is 22.5. The number of benzene rings is 3. The molecule has 1 saturated heterocycles. The summed E-state index contributed by atoms with van der Waals surface area (Å²) in [4.78, 5) is 38.7. The minimum Gasteiger partial charge on any atom is -0.507 e. The van der Waals surface area contributed by atoms with Gasteiger partial charge in [-0.1, -0.05) is 43.3 Å². The number of carbonyl (C=O) groups is 2. The zero-order chi connectivity index (χ0) is 25.8. The summed E-state index contributed by atoms with van der Waals surface area (Å²) in [6.45, 7) is 2.45. The van der Waals surface area contributed by atoms with Crippen molar-refractivity contribution in [3.63, 3.8) is 0 Å². The maximum absolute atomic E-state index is 13.4. The normalized spacial score (nSPS) is 16.7. The second-order valence-electron chi connectivity index (χ2n) is 8.06. The number of para-hydroxylation sites is 1. The maximum Gasteiger partial charge on any atom is 0.300 e. The molecule has 9 nitrogen and oxygen atoms in total. The second kappa shape index (κ2) is 10.3. The number of anilines is 1. The zero-order valence-corrected chi connectivity index (χ0v) is 19.7. The average Bonchev–Trinajstić information content (AvgIpc) is 3.17. The van der Waals surface area contributed by atoms with E-state index in [0.717, 1.165) is 12.5 Å². The van der Waals surface area contributed by atoms with Crippen LogP contribution in [-0.4, -0.2) is 35.4 Å². The Kier molecular flexibility index (Phi) is 7.00. The van der Waals surface area contributed by atoms with Crippen molar-refractivity contribution < 1.29 is 29.1 Å². The van der Waals surface area contributed by atoms with Crippen LogP contribution in [0.1, 0.15) is 30.5 Å². The molecule has 0 aliphatic carbocycles. The molecule has 1 heterocycles. The molecule has 1 aliphatic heterocycles. The van der Waals surface area contributed by atoms with Crippen LogP contribution in [0.15, 0.2) is 78.4 Å². The molecule has 1 atom stereocenters. The van der Waals surface area contributed by atoms with Gasteiger partial charge in [-0.05, 0) is 24.6 Å². The van der Waals surface area contributed by atoms with Gasteiger partial charge in [-0.3, -0.25) is 24.6 Å². The van der Waals surface area contributed by atoms with E-state index in [1.165, 1.54) is 30.2 Å². The lowest BCUT2D eigenvalue weighted by Gasteiger charge is -2.27. The smallest absolute Gasteiger partial charge is 0.300 e. The molecule has 1 unspecified atom stereocenters. The molecule has 0 aromatic heterocycles. The van der Waals surface area contributed by atoms with Crippen molar-refractivity contribution in [2.75, 3.05) is 18.6 Å². The molecule has 1 aliphatic rings. The Hall–Kier alpha value is -4.66. The lowest BCUT2D eigenvalue weighted by Crippen LogP contribution is -2.29. The SMILES string of the molecule is CCCOc1cccc(N2C(=O)C(=O)/C(=C(/O)c3cccc([N+](=O)[O-])c3)C2c2ccccc2OC)c1. The van der Waals surface area contributed by atoms with Crippen LogP contribution in [0.5, 0.6) is 11.5 Å². The van der Waals surface area contributed by atoms with Gasteiger partial charge in [-0.2, -0.15) is 0 Å². The number of nitro benzene ring substituents is 1. The fraction of sp³-hybridized carbons (Fsp3) is 0.185. The number of hydrogen-bond donors (Lipinski definition) is 1. The van der Waals surface area contributed by atoms with Gasteiger partial charge in [0, 0.05) is 35.0 Å². The number of aliphatic hydroxyl groups excluding tert-OH is 1. The summed E-state index contributed by atoms with van der Waals surface area (Å²) in [6.07, 6.45) is 0.791. The molecule has 3 aromatic carbocycles. The van der Waals surface area contributed by atoms with Gasteiger partial charge in [0.25, 0.3) is 17.4 Å². The summed E-state index contributed by atoms with van der Waals surface area (Å²) in [7, 11) is 1.46. The highest BCUT2D eigenvalue weighted by Gasteiger charge is 2.48. The summed E-state index contributed by atoms with van der Waals surface area (Å²) in [6, 6.07) is 17.8. The Morgan fingerprint density at radius 1 is 1.06 bits per heavy atom. The van der Waals surface area contributed by atoms with Crippen LogP contribution in [0.25, 0.3) is 5.76 Å². The number of hydrogen-bond acceptors (Lipinski definition) is 7. The third-order valence-electron chi connectivity index (χ3n) is 5.78. The van der Waals surface area contributed by atoms with Crippen molar-refractivity contribution >= 4 is 28.8 Å². The first-order chi connectivity index (χ1) is 17.4. The van der Waals surface area contributed by atoms with Gasteiger partial charge in [0.15, 0.2) is 0 Å². The third kappa shape index (κ3) is 4.50. The molecule has 1 amide bonds. The number of aliphatic hydroxyl groups is 1. The quantitative estimate of drug-likeness (QED) is 0.155. The number of ether oxygens (including phenoxy) is 2. The number of carbonyl (C=O) groups excluding carboxylic acids is 2. The first-order valence-electron chi connectivity index (χ1n) is 11.3. The van der Waals surface area contributed by atoms with E-state index in [1.54, 1.807) is 48.5 Å². The van der Waals surface area contributed by atoms with Gasteiger partial charge >= 0.3 is 0 Å². The molecule has 3 aromatic rings. The maximum atomic E-state index is 13.4. The van der Waals surface area contributed by atoms with Crippen LogP contribution in [0.4, 0.5) is 11.4 Å². The summed E-state index contributed by atoms with van der Waals surface area (Å²) in [5.41, 5.74) is 0.431. The second-order valence-corrected chi connectivity index (χ2v) is 8.06. The van der Waals surface area contributed by atoms with Crippen molar-refractivity contribution in [1.29, 1.82) is 0 Å². The highest BCUT2D eigenvalue weighted by Crippen LogP contribution is 2.45. The molecule has 0 spiro atoms. The Morgan fingerprint density at radius 2 is 1.81 bits per heavy atom. The monoisotopic (exact) mass is 488 g/mol. The number of amides is 1. The van der Waals surface area contributed by atoms with Crippen molar-refractivity contribution in [3.8, 4) is 11.5 Å². The lowest BCUT2D eigenvalue weighted by atomic mass is 9.94. The molecular weight excluding hydrogens is 464 g/mol. The van der Waals surface area contributed by atoms with E-state index >= 15 is 0 Å². The Labute approximate surface area is 207 Å². The first kappa shape index (κ1) is 24.5. The number of methoxy groups -OCH3 is 1. The minimum absolute atomic E-state index is 0.0436. The molecule has 1 N–H and O–H groups in total. The largest absolute Gasteiger partial charge is 0.507 e. The van der Waals surface area contributed by atoms with Gasteiger partial charge in [0.2, 0.25) is 0 Å². The summed E-state index contributed by atoms with van der Waals surface area (Å²) in [5.74, 6) is -1.37. The first-order valence-corrected chi connectivity index (χ1v) is 11.3. The standard InChI is InChI=1S/C27H24N2O7/c1-3-14-36-20-11-7-9-18(16-20)28-24(21-12-4-5-13-22(21)35-2)23(26(31)27(28)32)25(30)17-8-6-10-19(15-17)29(33)34/h4-13,15-16,24,30H,3,14H2,1-2H3/b25-23+. The van der Waals surface area contributed by atoms with Crippen LogP contribution in [0.2, 0.25) is 0 Å². The van der Waals surface area contributed by atoms with E-state index in [1.807, 2.05) is 6.92 Å². The summed E-state index contributed by atoms with van der Waals surface area (Å²) < 4.78 is 11.2. The van der Waals surface area contributed by atoms with Crippen LogP contribution >= 0.6 is 0 Å². The van der Waals surface area contributed by atoms with Crippen LogP contribution in [-0.2, 0) is 9.59 Å². The highest BCUT2D eigenvalue weighted by molar-refractivity contribution is 6.51. The Bertz CT molecular complexity index is 1370. The van der Waals surface area contributed by atoms with Crippen molar-refractivity contribution in [2.45, 2.75) is 19.4 Å². The van der Waals surface area contributed by atoms with Gasteiger partial charge in [0.05, 0.1) is 30.3 Å². The van der Waals surface area contributed by atoms with Crippen LogP contribution in [0.3, 0.4) is 0 Å². The van der Waals surface area contributed by atoms with Crippen LogP contribution < -0.4 is 14.4 Å². The number of Topliss-reactive ketones (excluding diaryl/α,β-unsaturated/α-hetero) is 1. The van der Waals surface area contributed by atoms with Crippen molar-refractivity contribution in [2.24, 2.45) is 0 Å². The van der Waals surface area contributed by atoms with E-state index in [2.05, 4.69) is 0 Å². The predicted molar refractivity (Wildman–Crippen MR) is 133 cm³/mol. The van der Waals surface area contributed by atoms with E-state index in [-0.39, 0.29) is 16.8 Å². The van der Waals surface area contributed by atoms with E-state index in [0.29, 0.717) is 29.4 Å². The molecule has 0 bridgehead atoms. The molecule has 9 heteroatoms. The fourth-order valence-corrected chi connectivity index (χ4v) is 4.15. The molecule has 0 saturated carbocycles. The van der Waals surface area contributed by atoms with Gasteiger partial charge < -0.3 is 14.6 Å². The Morgan fingerprint density at radius 3 is 2.53 bits per heavy atom. The van der Waals surface area contributed by atoms with Gasteiger partial charge in [-0.15, -0.1) is 0 Å². The zero-order valence-electron chi connectivity index (χ0n) is 19.7. The predicted octanol–water partition coefficient (Wildman–Crippen LogP) is 5.02. The summed E-state index contributed by atoms with van der Waals surface area (Å²) >= 11 is 0. The van der Waals surface area contributed by atoms with Crippen LogP contribution in [0, 0.1) is 10.1 Å². The van der Waals surface area contributed by atoms with Crippen molar-refractivity contribution in [3.05, 3.63) is 99.6 Å². The number of nitrogens with zero attached hydrogens (tertiary/aromatic N) is 2. The van der Waals surface area contributed by atoms with E-state index in [4.69, 9.17) is 9.47 Å². The topological polar surface area (TPSA) is 119 Å². The van der Waals surface area contributed by atoms with Gasteiger partial charge in [-0.25, -0.2) is 0 Å². The number of nitro groups is 1. The number of ketones is 1. The highest BCUT2D eigenvalue weighted by atomic mass is 16.6. The van der Waals surface area contributed by atoms with Crippen molar-refractivity contribution in [1.82, 2.24) is 0 Å². The lowest BCUT2D eigenvalue weighted by molar-refractivity contribution is -0.384. The fourth-order valence-electron chi connectivity index (χ4n) is 4.15. The molecule has 184 valence electrons. The minimum atomic E-state index is -1.05. The number of non-ortho nitro benzene ring substituents is 1. The average molecular weight is 488 g/mol. The van der Waals surface area contributed by atoms with Gasteiger partial charge in [0.1, 0.15) is 17.3 Å². The molecular formula is C27H24N2O7. The molecule has 0 radical (unpaired) electrons. The van der Waals surface area contributed by atoms with E-state index in [9.17, 15) is 24.8 Å².